The lowest BCUT2D eigenvalue weighted by atomic mass is 9.97. The van der Waals surface area contributed by atoms with E-state index in [-0.39, 0.29) is 15.6 Å². The lowest BCUT2D eigenvalue weighted by Crippen LogP contribution is -2.56. The Morgan fingerprint density at radius 2 is 1.83 bits per heavy atom. The summed E-state index contributed by atoms with van der Waals surface area (Å²) < 4.78 is 22.7. The summed E-state index contributed by atoms with van der Waals surface area (Å²) in [4.78, 5) is 23.6. The summed E-state index contributed by atoms with van der Waals surface area (Å²) in [5.41, 5.74) is 4.36. The molecule has 8 nitrogen and oxygen atoms in total. The van der Waals surface area contributed by atoms with Crippen molar-refractivity contribution in [3.8, 4) is 0 Å². The molecule has 0 aliphatic heterocycles. The SMILES string of the molecule is NC(=O)C1(NC(=O)Nc2cc(S(N)(=O)=O)ccc2Cl)CCCC1. The van der Waals surface area contributed by atoms with Crippen molar-refractivity contribution in [2.45, 2.75) is 36.1 Å². The molecule has 1 fully saturated rings. The smallest absolute Gasteiger partial charge is 0.320 e. The maximum atomic E-state index is 12.1. The number of urea groups is 1. The van der Waals surface area contributed by atoms with Gasteiger partial charge < -0.3 is 16.4 Å². The van der Waals surface area contributed by atoms with E-state index in [9.17, 15) is 18.0 Å². The number of nitrogens with one attached hydrogen (secondary N) is 2. The summed E-state index contributed by atoms with van der Waals surface area (Å²) in [5.74, 6) is -0.602. The maximum Gasteiger partial charge on any atom is 0.320 e. The average Bonchev–Trinajstić information content (AvgIpc) is 2.89. The molecule has 0 saturated heterocycles. The molecule has 0 atom stereocenters. The van der Waals surface area contributed by atoms with E-state index >= 15 is 0 Å². The van der Waals surface area contributed by atoms with Crippen molar-refractivity contribution in [1.29, 1.82) is 0 Å². The molecule has 126 valence electrons. The number of hydrogen-bond donors (Lipinski definition) is 4. The van der Waals surface area contributed by atoms with Crippen LogP contribution in [0.3, 0.4) is 0 Å². The Morgan fingerprint density at radius 3 is 2.35 bits per heavy atom. The number of primary sulfonamides is 1. The summed E-state index contributed by atoms with van der Waals surface area (Å²) in [6.45, 7) is 0. The zero-order chi connectivity index (χ0) is 17.3. The van der Waals surface area contributed by atoms with Crippen LogP contribution in [0, 0.1) is 0 Å². The molecule has 23 heavy (non-hydrogen) atoms. The zero-order valence-electron chi connectivity index (χ0n) is 12.1. The number of hydrogen-bond acceptors (Lipinski definition) is 4. The summed E-state index contributed by atoms with van der Waals surface area (Å²) >= 11 is 5.93. The average molecular weight is 361 g/mol. The molecule has 1 aliphatic rings. The van der Waals surface area contributed by atoms with Gasteiger partial charge in [0.25, 0.3) is 0 Å². The first-order valence-corrected chi connectivity index (χ1v) is 8.78. The molecular formula is C13H17ClN4O4S. The normalized spacial score (nSPS) is 16.8. The Balaban J connectivity index is 2.19. The molecule has 3 amide bonds. The van der Waals surface area contributed by atoms with Gasteiger partial charge in [0.05, 0.1) is 15.6 Å². The molecule has 6 N–H and O–H groups in total. The van der Waals surface area contributed by atoms with Gasteiger partial charge in [0, 0.05) is 0 Å². The Labute approximate surface area is 138 Å². The van der Waals surface area contributed by atoms with Crippen LogP contribution >= 0.6 is 11.6 Å². The molecular weight excluding hydrogens is 344 g/mol. The van der Waals surface area contributed by atoms with Crippen molar-refractivity contribution in [2.24, 2.45) is 10.9 Å². The first kappa shape index (κ1) is 17.5. The molecule has 1 aromatic rings. The molecule has 1 aliphatic carbocycles. The highest BCUT2D eigenvalue weighted by molar-refractivity contribution is 7.89. The number of carbonyl (C=O) groups is 2. The molecule has 0 bridgehead atoms. The highest BCUT2D eigenvalue weighted by Crippen LogP contribution is 2.30. The summed E-state index contributed by atoms with van der Waals surface area (Å²) in [6.07, 6.45) is 2.48. The number of anilines is 1. The van der Waals surface area contributed by atoms with E-state index in [1.807, 2.05) is 0 Å². The van der Waals surface area contributed by atoms with Crippen molar-refractivity contribution in [2.75, 3.05) is 5.32 Å². The Morgan fingerprint density at radius 1 is 1.22 bits per heavy atom. The lowest BCUT2D eigenvalue weighted by Gasteiger charge is -2.26. The topological polar surface area (TPSA) is 144 Å². The van der Waals surface area contributed by atoms with Crippen molar-refractivity contribution in [3.05, 3.63) is 23.2 Å². The first-order chi connectivity index (χ1) is 10.6. The van der Waals surface area contributed by atoms with Gasteiger partial charge in [-0.15, -0.1) is 0 Å². The van der Waals surface area contributed by atoms with Gasteiger partial charge in [0.15, 0.2) is 0 Å². The number of rotatable bonds is 4. The van der Waals surface area contributed by atoms with Gasteiger partial charge >= 0.3 is 6.03 Å². The largest absolute Gasteiger partial charge is 0.368 e. The van der Waals surface area contributed by atoms with E-state index in [0.717, 1.165) is 18.9 Å². The Kier molecular flexibility index (Phi) is 4.83. The highest BCUT2D eigenvalue weighted by Gasteiger charge is 2.41. The molecule has 10 heteroatoms. The third-order valence-corrected chi connectivity index (χ3v) is 5.04. The Hall–Kier alpha value is -1.84. The van der Waals surface area contributed by atoms with Gasteiger partial charge in [-0.05, 0) is 31.0 Å². The van der Waals surface area contributed by atoms with Crippen LogP contribution in [-0.2, 0) is 14.8 Å². The molecule has 0 radical (unpaired) electrons. The van der Waals surface area contributed by atoms with E-state index in [0.29, 0.717) is 12.8 Å². The number of primary amides is 1. The van der Waals surface area contributed by atoms with Crippen LogP contribution in [0.25, 0.3) is 0 Å². The predicted octanol–water partition coefficient (Wildman–Crippen LogP) is 0.907. The minimum atomic E-state index is -3.93. The summed E-state index contributed by atoms with van der Waals surface area (Å²) in [7, 11) is -3.93. The molecule has 0 heterocycles. The highest BCUT2D eigenvalue weighted by atomic mass is 35.5. The van der Waals surface area contributed by atoms with Gasteiger partial charge in [-0.3, -0.25) is 4.79 Å². The molecule has 0 spiro atoms. The number of carbonyl (C=O) groups excluding carboxylic acids is 2. The third kappa shape index (κ3) is 3.92. The van der Waals surface area contributed by atoms with Crippen LogP contribution in [0.15, 0.2) is 23.1 Å². The number of nitrogens with two attached hydrogens (primary N) is 2. The minimum absolute atomic E-state index is 0.0632. The van der Waals surface area contributed by atoms with E-state index in [4.69, 9.17) is 22.5 Å². The van der Waals surface area contributed by atoms with Crippen LogP contribution in [-0.4, -0.2) is 25.9 Å². The van der Waals surface area contributed by atoms with Gasteiger partial charge in [-0.2, -0.15) is 0 Å². The van der Waals surface area contributed by atoms with Crippen LogP contribution in [0.5, 0.6) is 0 Å². The fourth-order valence-electron chi connectivity index (χ4n) is 2.56. The van der Waals surface area contributed by atoms with E-state index in [1.165, 1.54) is 12.1 Å². The summed E-state index contributed by atoms with van der Waals surface area (Å²) in [5, 5.41) is 10.2. The van der Waals surface area contributed by atoms with Gasteiger partial charge in [0.1, 0.15) is 5.54 Å². The molecule has 1 aromatic carbocycles. The fourth-order valence-corrected chi connectivity index (χ4v) is 3.26. The second-order valence-electron chi connectivity index (χ2n) is 5.42. The number of sulfonamides is 1. The lowest BCUT2D eigenvalue weighted by molar-refractivity contribution is -0.123. The minimum Gasteiger partial charge on any atom is -0.368 e. The maximum absolute atomic E-state index is 12.1. The van der Waals surface area contributed by atoms with Crippen LogP contribution < -0.4 is 21.5 Å². The van der Waals surface area contributed by atoms with Gasteiger partial charge in [0.2, 0.25) is 15.9 Å². The van der Waals surface area contributed by atoms with Crippen LogP contribution in [0.2, 0.25) is 5.02 Å². The fraction of sp³-hybridized carbons (Fsp3) is 0.385. The van der Waals surface area contributed by atoms with E-state index in [2.05, 4.69) is 10.6 Å². The van der Waals surface area contributed by atoms with Crippen molar-refractivity contribution in [1.82, 2.24) is 5.32 Å². The molecule has 2 rings (SSSR count). The standard InChI is InChI=1S/C13H17ClN4O4S/c14-9-4-3-8(23(16,21)22)7-10(9)17-12(20)18-13(11(15)19)5-1-2-6-13/h3-4,7H,1-2,5-6H2,(H2,15,19)(H2,16,21,22)(H2,17,18,20). The van der Waals surface area contributed by atoms with Crippen LogP contribution in [0.1, 0.15) is 25.7 Å². The van der Waals surface area contributed by atoms with Crippen molar-refractivity contribution in [3.63, 3.8) is 0 Å². The second kappa shape index (κ2) is 6.34. The summed E-state index contributed by atoms with van der Waals surface area (Å²) in [6, 6.07) is 2.97. The van der Waals surface area contributed by atoms with Crippen molar-refractivity contribution >= 4 is 39.2 Å². The zero-order valence-corrected chi connectivity index (χ0v) is 13.7. The van der Waals surface area contributed by atoms with Gasteiger partial charge in [-0.25, -0.2) is 18.4 Å². The second-order valence-corrected chi connectivity index (χ2v) is 7.39. The van der Waals surface area contributed by atoms with Crippen LogP contribution in [0.4, 0.5) is 10.5 Å². The van der Waals surface area contributed by atoms with Crippen molar-refractivity contribution < 1.29 is 18.0 Å². The first-order valence-electron chi connectivity index (χ1n) is 6.85. The quantitative estimate of drug-likeness (QED) is 0.632. The third-order valence-electron chi connectivity index (χ3n) is 3.80. The Bertz CT molecular complexity index is 744. The number of halogens is 1. The van der Waals surface area contributed by atoms with Gasteiger partial charge in [-0.1, -0.05) is 24.4 Å². The number of benzene rings is 1. The van der Waals surface area contributed by atoms with E-state index in [1.54, 1.807) is 0 Å². The molecule has 0 aromatic heterocycles. The molecule has 1 saturated carbocycles. The predicted molar refractivity (Wildman–Crippen MR) is 85.4 cm³/mol. The number of amides is 3. The molecule has 0 unspecified atom stereocenters. The van der Waals surface area contributed by atoms with E-state index < -0.39 is 27.5 Å². The monoisotopic (exact) mass is 360 g/mol.